The summed E-state index contributed by atoms with van der Waals surface area (Å²) in [6.45, 7) is 1.37. The van der Waals surface area contributed by atoms with Crippen LogP contribution in [0.15, 0.2) is 59.8 Å². The first-order valence-electron chi connectivity index (χ1n) is 10.9. The second-order valence-electron chi connectivity index (χ2n) is 7.77. The zero-order valence-electron chi connectivity index (χ0n) is 18.3. The van der Waals surface area contributed by atoms with Crippen LogP contribution in [0.5, 0.6) is 0 Å². The number of ether oxygens (including phenoxy) is 1. The van der Waals surface area contributed by atoms with Gasteiger partial charge in [0.25, 0.3) is 0 Å². The molecule has 1 aliphatic rings. The Morgan fingerprint density at radius 1 is 1.06 bits per heavy atom. The van der Waals surface area contributed by atoms with E-state index in [9.17, 15) is 4.39 Å². The summed E-state index contributed by atoms with van der Waals surface area (Å²) >= 11 is 1.45. The number of benzene rings is 2. The molecule has 1 atom stereocenters. The Bertz CT molecular complexity index is 1250. The van der Waals surface area contributed by atoms with E-state index in [0.717, 1.165) is 30.7 Å². The highest BCUT2D eigenvalue weighted by Gasteiger charge is 2.22. The fourth-order valence-electron chi connectivity index (χ4n) is 3.70. The maximum absolute atomic E-state index is 13.4. The van der Waals surface area contributed by atoms with Crippen LogP contribution in [0.25, 0.3) is 11.4 Å². The molecule has 0 aliphatic carbocycles. The van der Waals surface area contributed by atoms with Gasteiger partial charge in [0.05, 0.1) is 18.4 Å². The Hall–Kier alpha value is -3.57. The molecule has 5 rings (SSSR count). The first kappa shape index (κ1) is 22.2. The van der Waals surface area contributed by atoms with Crippen molar-refractivity contribution in [3.63, 3.8) is 0 Å². The van der Waals surface area contributed by atoms with E-state index in [2.05, 4.69) is 30.5 Å². The fourth-order valence-corrected chi connectivity index (χ4v) is 4.51. The van der Waals surface area contributed by atoms with Crippen LogP contribution in [0, 0.1) is 5.82 Å². The lowest BCUT2D eigenvalue weighted by atomic mass is 10.2. The Morgan fingerprint density at radius 3 is 2.65 bits per heavy atom. The predicted molar refractivity (Wildman–Crippen MR) is 128 cm³/mol. The van der Waals surface area contributed by atoms with Gasteiger partial charge in [0.15, 0.2) is 11.0 Å². The van der Waals surface area contributed by atoms with E-state index in [1.54, 1.807) is 12.1 Å². The Labute approximate surface area is 200 Å². The molecule has 2 aromatic carbocycles. The van der Waals surface area contributed by atoms with Crippen LogP contribution in [-0.2, 0) is 17.0 Å². The molecule has 1 fully saturated rings. The number of anilines is 3. The molecule has 174 valence electrons. The molecule has 2 aromatic heterocycles. The molecule has 0 saturated carbocycles. The van der Waals surface area contributed by atoms with Gasteiger partial charge in [-0.25, -0.2) is 4.39 Å². The minimum atomic E-state index is -0.295. The molecule has 0 bridgehead atoms. The summed E-state index contributed by atoms with van der Waals surface area (Å²) in [6, 6.07) is 15.8. The number of hydrogen-bond donors (Lipinski definition) is 2. The number of nitrogens with two attached hydrogens (primary N) is 1. The van der Waals surface area contributed by atoms with Gasteiger partial charge < -0.3 is 15.8 Å². The molecule has 4 aromatic rings. The summed E-state index contributed by atoms with van der Waals surface area (Å²) in [5.74, 6) is 1.82. The van der Waals surface area contributed by atoms with E-state index >= 15 is 0 Å². The van der Waals surface area contributed by atoms with Crippen LogP contribution in [0.2, 0.25) is 0 Å². The summed E-state index contributed by atoms with van der Waals surface area (Å²) in [5.41, 5.74) is 7.56. The van der Waals surface area contributed by atoms with Crippen molar-refractivity contribution < 1.29 is 9.13 Å². The van der Waals surface area contributed by atoms with Crippen molar-refractivity contribution in [2.24, 2.45) is 0 Å². The van der Waals surface area contributed by atoms with Gasteiger partial charge in [-0.3, -0.25) is 4.57 Å². The molecule has 1 aliphatic heterocycles. The zero-order valence-corrected chi connectivity index (χ0v) is 19.1. The van der Waals surface area contributed by atoms with Crippen molar-refractivity contribution in [2.45, 2.75) is 36.4 Å². The number of nitrogens with zero attached hydrogens (tertiary/aromatic N) is 6. The summed E-state index contributed by atoms with van der Waals surface area (Å²) in [4.78, 5) is 12.9. The molecule has 3 N–H and O–H groups in total. The lowest BCUT2D eigenvalue weighted by Crippen LogP contribution is -2.16. The SMILES string of the molecule is Nc1nc(CSc2nnc(-c3ccc(F)cc3)n2CC2CCCO2)nc(Nc2ccccc2)n1. The third-order valence-corrected chi connectivity index (χ3v) is 6.25. The second-order valence-corrected chi connectivity index (χ2v) is 8.71. The van der Waals surface area contributed by atoms with Crippen molar-refractivity contribution in [2.75, 3.05) is 17.7 Å². The van der Waals surface area contributed by atoms with Gasteiger partial charge in [-0.05, 0) is 49.2 Å². The van der Waals surface area contributed by atoms with Gasteiger partial charge in [-0.1, -0.05) is 30.0 Å². The Kier molecular flexibility index (Phi) is 6.63. The van der Waals surface area contributed by atoms with Crippen LogP contribution >= 0.6 is 11.8 Å². The molecule has 11 heteroatoms. The minimum Gasteiger partial charge on any atom is -0.376 e. The molecule has 0 spiro atoms. The van der Waals surface area contributed by atoms with Gasteiger partial charge in [-0.15, -0.1) is 10.2 Å². The molecule has 1 saturated heterocycles. The third-order valence-electron chi connectivity index (χ3n) is 5.29. The highest BCUT2D eigenvalue weighted by atomic mass is 32.2. The maximum atomic E-state index is 13.4. The number of thioether (sulfide) groups is 1. The number of rotatable bonds is 8. The van der Waals surface area contributed by atoms with Crippen molar-refractivity contribution in [1.82, 2.24) is 29.7 Å². The molecule has 1 unspecified atom stereocenters. The van der Waals surface area contributed by atoms with E-state index in [1.807, 2.05) is 34.9 Å². The normalized spacial score (nSPS) is 15.5. The molecule has 9 nitrogen and oxygen atoms in total. The summed E-state index contributed by atoms with van der Waals surface area (Å²) in [6.07, 6.45) is 2.09. The minimum absolute atomic E-state index is 0.0871. The molecule has 3 heterocycles. The molecule has 0 radical (unpaired) electrons. The van der Waals surface area contributed by atoms with E-state index in [1.165, 1.54) is 23.9 Å². The standard InChI is InChI=1S/C23H23FN8OS/c24-16-10-8-15(9-11-16)20-30-31-23(32(20)13-18-7-4-12-33-18)34-14-19-27-21(25)29-22(28-19)26-17-5-2-1-3-6-17/h1-3,5-6,8-11,18H,4,7,12-14H2,(H3,25,26,27,28,29). The lowest BCUT2D eigenvalue weighted by molar-refractivity contribution is 0.0953. The number of hydrogen-bond acceptors (Lipinski definition) is 9. The largest absolute Gasteiger partial charge is 0.376 e. The number of nitrogen functional groups attached to an aromatic ring is 1. The molecule has 0 amide bonds. The highest BCUT2D eigenvalue weighted by Crippen LogP contribution is 2.28. The second kappa shape index (κ2) is 10.1. The van der Waals surface area contributed by atoms with Crippen molar-refractivity contribution >= 4 is 29.3 Å². The zero-order chi connectivity index (χ0) is 23.3. The molecular formula is C23H23FN8OS. The van der Waals surface area contributed by atoms with Crippen LogP contribution in [-0.4, -0.2) is 42.4 Å². The number of nitrogens with one attached hydrogen (secondary N) is 1. The molecule has 34 heavy (non-hydrogen) atoms. The van der Waals surface area contributed by atoms with Crippen LogP contribution < -0.4 is 11.1 Å². The lowest BCUT2D eigenvalue weighted by Gasteiger charge is -2.14. The van der Waals surface area contributed by atoms with E-state index in [-0.39, 0.29) is 17.9 Å². The van der Waals surface area contributed by atoms with Gasteiger partial charge in [0, 0.05) is 17.9 Å². The van der Waals surface area contributed by atoms with Crippen molar-refractivity contribution in [3.8, 4) is 11.4 Å². The van der Waals surface area contributed by atoms with Gasteiger partial charge >= 0.3 is 0 Å². The first-order valence-corrected chi connectivity index (χ1v) is 11.9. The smallest absolute Gasteiger partial charge is 0.232 e. The van der Waals surface area contributed by atoms with Gasteiger partial charge in [-0.2, -0.15) is 15.0 Å². The quantitative estimate of drug-likeness (QED) is 0.361. The van der Waals surface area contributed by atoms with E-state index < -0.39 is 0 Å². The average Bonchev–Trinajstić information content (AvgIpc) is 3.49. The maximum Gasteiger partial charge on any atom is 0.232 e. The van der Waals surface area contributed by atoms with Crippen LogP contribution in [0.3, 0.4) is 0 Å². The summed E-state index contributed by atoms with van der Waals surface area (Å²) in [5, 5.41) is 12.6. The third kappa shape index (κ3) is 5.32. The molecular weight excluding hydrogens is 455 g/mol. The van der Waals surface area contributed by atoms with Gasteiger partial charge in [0.2, 0.25) is 11.9 Å². The average molecular weight is 479 g/mol. The van der Waals surface area contributed by atoms with Crippen molar-refractivity contribution in [3.05, 3.63) is 66.2 Å². The predicted octanol–water partition coefficient (Wildman–Crippen LogP) is 4.07. The number of halogens is 1. The first-order chi connectivity index (χ1) is 16.6. The van der Waals surface area contributed by atoms with Crippen LogP contribution in [0.1, 0.15) is 18.7 Å². The summed E-state index contributed by atoms with van der Waals surface area (Å²) in [7, 11) is 0. The Balaban J connectivity index is 1.37. The Morgan fingerprint density at radius 2 is 1.88 bits per heavy atom. The van der Waals surface area contributed by atoms with Crippen LogP contribution in [0.4, 0.5) is 22.0 Å². The van der Waals surface area contributed by atoms with Gasteiger partial charge in [0.1, 0.15) is 11.6 Å². The highest BCUT2D eigenvalue weighted by molar-refractivity contribution is 7.98. The fraction of sp³-hybridized carbons (Fsp3) is 0.261. The number of aromatic nitrogens is 6. The number of para-hydroxylation sites is 1. The topological polar surface area (TPSA) is 117 Å². The summed E-state index contributed by atoms with van der Waals surface area (Å²) < 4.78 is 21.3. The van der Waals surface area contributed by atoms with E-state index in [4.69, 9.17) is 10.5 Å². The van der Waals surface area contributed by atoms with E-state index in [0.29, 0.717) is 35.1 Å². The van der Waals surface area contributed by atoms with Crippen molar-refractivity contribution in [1.29, 1.82) is 0 Å². The monoisotopic (exact) mass is 478 g/mol.